The number of carbonyl (C=O) groups excluding carboxylic acids is 3. The quantitative estimate of drug-likeness (QED) is 0.312. The molecule has 1 saturated carbocycles. The summed E-state index contributed by atoms with van der Waals surface area (Å²) < 4.78 is -0.501. The van der Waals surface area contributed by atoms with E-state index in [4.69, 9.17) is 5.84 Å². The van der Waals surface area contributed by atoms with Gasteiger partial charge in [-0.25, -0.2) is 4.79 Å². The molecular formula is C26H28N3O5+. The van der Waals surface area contributed by atoms with Gasteiger partial charge in [-0.05, 0) is 30.5 Å². The highest BCUT2D eigenvalue weighted by Gasteiger charge is 2.54. The molecule has 0 spiro atoms. The molecule has 0 aromatic heterocycles. The number of rotatable bonds is 4. The number of aliphatic carboxylic acids is 1. The van der Waals surface area contributed by atoms with Crippen molar-refractivity contribution in [2.75, 3.05) is 13.1 Å². The van der Waals surface area contributed by atoms with Gasteiger partial charge in [0, 0.05) is 12.0 Å². The number of nitrogens with two attached hydrogens (primary N) is 1. The summed E-state index contributed by atoms with van der Waals surface area (Å²) in [7, 11) is 0. The Labute approximate surface area is 197 Å². The maximum atomic E-state index is 14.0. The minimum atomic E-state index is -0.973. The van der Waals surface area contributed by atoms with Crippen LogP contribution in [0.2, 0.25) is 0 Å². The van der Waals surface area contributed by atoms with E-state index in [0.29, 0.717) is 30.4 Å². The molecule has 5 rings (SSSR count). The summed E-state index contributed by atoms with van der Waals surface area (Å²) in [6, 6.07) is 13.6. The normalized spacial score (nSPS) is 28.4. The molecule has 1 aliphatic carbocycles. The maximum absolute atomic E-state index is 14.0. The van der Waals surface area contributed by atoms with E-state index in [1.54, 1.807) is 24.3 Å². The van der Waals surface area contributed by atoms with Gasteiger partial charge in [-0.3, -0.25) is 19.3 Å². The summed E-state index contributed by atoms with van der Waals surface area (Å²) in [6.07, 6.45) is 3.04. The second kappa shape index (κ2) is 8.45. The standard InChI is InChI=1S/C26H27N3O5/c27-29(25(32)20-11-5-6-12-21(20)26(33)34)14-13-16-7-1-2-8-17(16)22(29)15-28-23(30)18-9-3-4-10-19(18)24(28)31/h1-4,7-10,20-22H,5-6,11-15,27H2/p+1/t20-,21+,22?,29+/m1/s1. The van der Waals surface area contributed by atoms with Gasteiger partial charge in [0.1, 0.15) is 6.54 Å². The Morgan fingerprint density at radius 3 is 2.18 bits per heavy atom. The first-order valence-electron chi connectivity index (χ1n) is 11.8. The molecule has 3 N–H and O–H groups in total. The molecule has 1 fully saturated rings. The minimum absolute atomic E-state index is 0.0456. The Balaban J connectivity index is 1.54. The Hall–Kier alpha value is -3.36. The highest BCUT2D eigenvalue weighted by Crippen LogP contribution is 2.40. The summed E-state index contributed by atoms with van der Waals surface area (Å²) >= 11 is 0. The molecule has 1 unspecified atom stereocenters. The lowest BCUT2D eigenvalue weighted by Crippen LogP contribution is -2.67. The Bertz CT molecular complexity index is 1160. The first kappa shape index (κ1) is 22.4. The van der Waals surface area contributed by atoms with Crippen molar-refractivity contribution >= 4 is 23.7 Å². The van der Waals surface area contributed by atoms with Crippen LogP contribution < -0.4 is 5.84 Å². The first-order valence-corrected chi connectivity index (χ1v) is 11.8. The van der Waals surface area contributed by atoms with E-state index >= 15 is 0 Å². The van der Waals surface area contributed by atoms with Crippen molar-refractivity contribution in [2.24, 2.45) is 17.7 Å². The predicted octanol–water partition coefficient (Wildman–Crippen LogP) is 2.69. The summed E-state index contributed by atoms with van der Waals surface area (Å²) in [5.41, 5.74) is 2.53. The number of hydrogen-bond donors (Lipinski definition) is 2. The van der Waals surface area contributed by atoms with Crippen LogP contribution in [-0.4, -0.2) is 51.4 Å². The molecule has 2 aromatic carbocycles. The minimum Gasteiger partial charge on any atom is -0.481 e. The average molecular weight is 463 g/mol. The summed E-state index contributed by atoms with van der Waals surface area (Å²) in [5, 5.41) is 9.77. The van der Waals surface area contributed by atoms with Crippen molar-refractivity contribution < 1.29 is 28.9 Å². The van der Waals surface area contributed by atoms with Gasteiger partial charge in [0.2, 0.25) is 0 Å². The molecule has 8 nitrogen and oxygen atoms in total. The zero-order valence-electron chi connectivity index (χ0n) is 18.9. The number of imide groups is 1. The second-order valence-corrected chi connectivity index (χ2v) is 9.56. The van der Waals surface area contributed by atoms with Crippen LogP contribution in [0, 0.1) is 11.8 Å². The molecule has 0 radical (unpaired) electrons. The van der Waals surface area contributed by atoms with Crippen LogP contribution >= 0.6 is 0 Å². The highest BCUT2D eigenvalue weighted by molar-refractivity contribution is 6.21. The number of hydrogen-bond acceptors (Lipinski definition) is 5. The lowest BCUT2D eigenvalue weighted by Gasteiger charge is -2.45. The average Bonchev–Trinajstić information content (AvgIpc) is 3.10. The fourth-order valence-corrected chi connectivity index (χ4v) is 5.91. The van der Waals surface area contributed by atoms with Crippen LogP contribution in [0.25, 0.3) is 0 Å². The number of carboxylic acid groups (broad SMARTS) is 1. The molecule has 8 heteroatoms. The number of carboxylic acids is 1. The first-order chi connectivity index (χ1) is 16.3. The SMILES string of the molecule is N[N@@+]1(C(=O)[C@@H]2CCCC[C@@H]2C(=O)O)CCc2ccccc2C1CN1C(=O)c2ccccc2C1=O. The zero-order chi connectivity index (χ0) is 24.0. The molecule has 34 heavy (non-hydrogen) atoms. The van der Waals surface area contributed by atoms with Crippen molar-refractivity contribution in [3.8, 4) is 0 Å². The second-order valence-electron chi connectivity index (χ2n) is 9.56. The third kappa shape index (κ3) is 3.45. The molecule has 0 bridgehead atoms. The van der Waals surface area contributed by atoms with Gasteiger partial charge in [0.15, 0.2) is 6.04 Å². The Kier molecular flexibility index (Phi) is 5.58. The Morgan fingerprint density at radius 2 is 1.53 bits per heavy atom. The van der Waals surface area contributed by atoms with Crippen molar-refractivity contribution in [1.82, 2.24) is 4.90 Å². The molecular weight excluding hydrogens is 434 g/mol. The molecule has 0 saturated heterocycles. The molecule has 3 amide bonds. The number of benzene rings is 2. The summed E-state index contributed by atoms with van der Waals surface area (Å²) in [6.45, 7) is 0.239. The smallest absolute Gasteiger partial charge is 0.337 e. The third-order valence-corrected chi connectivity index (χ3v) is 7.77. The molecule has 4 atom stereocenters. The van der Waals surface area contributed by atoms with Crippen LogP contribution in [0.5, 0.6) is 0 Å². The summed E-state index contributed by atoms with van der Waals surface area (Å²) in [4.78, 5) is 53.3. The van der Waals surface area contributed by atoms with E-state index in [-0.39, 0.29) is 19.0 Å². The van der Waals surface area contributed by atoms with E-state index in [9.17, 15) is 24.3 Å². The zero-order valence-corrected chi connectivity index (χ0v) is 18.9. The van der Waals surface area contributed by atoms with Crippen LogP contribution in [-0.2, 0) is 16.0 Å². The fraction of sp³-hybridized carbons (Fsp3) is 0.385. The van der Waals surface area contributed by atoms with Crippen molar-refractivity contribution in [2.45, 2.75) is 38.1 Å². The van der Waals surface area contributed by atoms with Gasteiger partial charge >= 0.3 is 11.9 Å². The monoisotopic (exact) mass is 462 g/mol. The van der Waals surface area contributed by atoms with Gasteiger partial charge in [-0.1, -0.05) is 49.2 Å². The van der Waals surface area contributed by atoms with Gasteiger partial charge in [-0.15, -0.1) is 0 Å². The Morgan fingerprint density at radius 1 is 0.941 bits per heavy atom. The van der Waals surface area contributed by atoms with Crippen LogP contribution in [0.15, 0.2) is 48.5 Å². The molecule has 2 aliphatic heterocycles. The van der Waals surface area contributed by atoms with E-state index in [1.807, 2.05) is 24.3 Å². The largest absolute Gasteiger partial charge is 0.481 e. The number of nitrogens with zero attached hydrogens (tertiary/aromatic N) is 2. The predicted molar refractivity (Wildman–Crippen MR) is 122 cm³/mol. The van der Waals surface area contributed by atoms with Gasteiger partial charge < -0.3 is 5.11 Å². The molecule has 2 aromatic rings. The van der Waals surface area contributed by atoms with Crippen molar-refractivity contribution in [3.05, 3.63) is 70.8 Å². The van der Waals surface area contributed by atoms with Crippen molar-refractivity contribution in [3.63, 3.8) is 0 Å². The number of carbonyl (C=O) groups is 4. The van der Waals surface area contributed by atoms with E-state index in [2.05, 4.69) is 0 Å². The number of fused-ring (bicyclic) bond motifs is 2. The summed E-state index contributed by atoms with van der Waals surface area (Å²) in [5.74, 6) is 3.33. The van der Waals surface area contributed by atoms with E-state index in [1.165, 1.54) is 4.90 Å². The third-order valence-electron chi connectivity index (χ3n) is 7.77. The molecule has 3 aliphatic rings. The van der Waals surface area contributed by atoms with Crippen LogP contribution in [0.1, 0.15) is 63.6 Å². The van der Waals surface area contributed by atoms with Gasteiger partial charge in [0.25, 0.3) is 11.8 Å². The maximum Gasteiger partial charge on any atom is 0.337 e. The molecule has 176 valence electrons. The van der Waals surface area contributed by atoms with E-state index in [0.717, 1.165) is 24.0 Å². The topological polar surface area (TPSA) is 118 Å². The molecule has 2 heterocycles. The number of amides is 3. The van der Waals surface area contributed by atoms with Gasteiger partial charge in [0.05, 0.1) is 29.5 Å². The lowest BCUT2D eigenvalue weighted by molar-refractivity contribution is -0.900. The van der Waals surface area contributed by atoms with Crippen molar-refractivity contribution in [1.29, 1.82) is 0 Å². The number of quaternary nitrogens is 1. The van der Waals surface area contributed by atoms with Crippen LogP contribution in [0.3, 0.4) is 0 Å². The lowest BCUT2D eigenvalue weighted by atomic mass is 9.77. The van der Waals surface area contributed by atoms with Crippen LogP contribution in [0.4, 0.5) is 0 Å². The van der Waals surface area contributed by atoms with E-state index < -0.39 is 40.3 Å². The highest BCUT2D eigenvalue weighted by atomic mass is 16.4. The fourth-order valence-electron chi connectivity index (χ4n) is 5.91. The van der Waals surface area contributed by atoms with Gasteiger partial charge in [-0.2, -0.15) is 10.4 Å².